The SMILES string of the molecule is COc1cc(C)c(C)cc1-c1ccc(Br)cc1. The average Bonchev–Trinajstić information content (AvgIpc) is 2.33. The fourth-order valence-corrected chi connectivity index (χ4v) is 2.08. The molecule has 0 saturated heterocycles. The van der Waals surface area contributed by atoms with Crippen LogP contribution in [0.15, 0.2) is 40.9 Å². The van der Waals surface area contributed by atoms with E-state index in [1.807, 2.05) is 12.1 Å². The van der Waals surface area contributed by atoms with E-state index in [2.05, 4.69) is 54.0 Å². The molecule has 0 radical (unpaired) electrons. The second-order valence-electron chi connectivity index (χ2n) is 4.14. The van der Waals surface area contributed by atoms with E-state index in [1.54, 1.807) is 7.11 Å². The van der Waals surface area contributed by atoms with Crippen LogP contribution >= 0.6 is 15.9 Å². The van der Waals surface area contributed by atoms with E-state index in [9.17, 15) is 0 Å². The number of aryl methyl sites for hydroxylation is 2. The van der Waals surface area contributed by atoms with Gasteiger partial charge in [-0.2, -0.15) is 0 Å². The summed E-state index contributed by atoms with van der Waals surface area (Å²) in [7, 11) is 1.71. The van der Waals surface area contributed by atoms with Gasteiger partial charge in [-0.05, 0) is 54.8 Å². The highest BCUT2D eigenvalue weighted by molar-refractivity contribution is 9.10. The maximum absolute atomic E-state index is 5.45. The molecule has 0 N–H and O–H groups in total. The van der Waals surface area contributed by atoms with Gasteiger partial charge >= 0.3 is 0 Å². The summed E-state index contributed by atoms with van der Waals surface area (Å²) in [5, 5.41) is 0. The summed E-state index contributed by atoms with van der Waals surface area (Å²) < 4.78 is 6.54. The largest absolute Gasteiger partial charge is 0.496 e. The first kappa shape index (κ1) is 12.2. The van der Waals surface area contributed by atoms with E-state index in [0.29, 0.717) is 0 Å². The minimum atomic E-state index is 0.926. The van der Waals surface area contributed by atoms with Gasteiger partial charge in [0.15, 0.2) is 0 Å². The Bertz CT molecular complexity index is 529. The van der Waals surface area contributed by atoms with Crippen LogP contribution < -0.4 is 4.74 Å². The lowest BCUT2D eigenvalue weighted by molar-refractivity contribution is 0.416. The first-order valence-corrected chi connectivity index (χ1v) is 6.32. The number of methoxy groups -OCH3 is 1. The van der Waals surface area contributed by atoms with E-state index >= 15 is 0 Å². The molecule has 17 heavy (non-hydrogen) atoms. The third-order valence-electron chi connectivity index (χ3n) is 2.97. The Labute approximate surface area is 111 Å². The van der Waals surface area contributed by atoms with Gasteiger partial charge in [0.1, 0.15) is 5.75 Å². The smallest absolute Gasteiger partial charge is 0.126 e. The van der Waals surface area contributed by atoms with Crippen LogP contribution in [0.4, 0.5) is 0 Å². The Balaban J connectivity index is 2.57. The predicted molar refractivity (Wildman–Crippen MR) is 75.6 cm³/mol. The minimum absolute atomic E-state index is 0.926. The van der Waals surface area contributed by atoms with Gasteiger partial charge < -0.3 is 4.74 Å². The zero-order chi connectivity index (χ0) is 12.4. The standard InChI is InChI=1S/C15H15BrO/c1-10-8-14(15(17-3)9-11(10)2)12-4-6-13(16)7-5-12/h4-9H,1-3H3. The Kier molecular flexibility index (Phi) is 3.53. The quantitative estimate of drug-likeness (QED) is 0.776. The van der Waals surface area contributed by atoms with E-state index in [-0.39, 0.29) is 0 Å². The molecule has 0 amide bonds. The summed E-state index contributed by atoms with van der Waals surface area (Å²) >= 11 is 3.45. The van der Waals surface area contributed by atoms with Gasteiger partial charge in [-0.1, -0.05) is 28.1 Å². The van der Waals surface area contributed by atoms with Crippen LogP contribution in [0.5, 0.6) is 5.75 Å². The Morgan fingerprint density at radius 3 is 2.12 bits per heavy atom. The van der Waals surface area contributed by atoms with Crippen LogP contribution in [-0.2, 0) is 0 Å². The number of hydrogen-bond donors (Lipinski definition) is 0. The molecule has 0 aliphatic carbocycles. The van der Waals surface area contributed by atoms with Crippen LogP contribution in [0.25, 0.3) is 11.1 Å². The van der Waals surface area contributed by atoms with Crippen molar-refractivity contribution in [3.63, 3.8) is 0 Å². The van der Waals surface area contributed by atoms with Crippen molar-refractivity contribution in [3.05, 3.63) is 52.0 Å². The van der Waals surface area contributed by atoms with Crippen LogP contribution in [-0.4, -0.2) is 7.11 Å². The topological polar surface area (TPSA) is 9.23 Å². The number of ether oxygens (including phenoxy) is 1. The Hall–Kier alpha value is -1.28. The van der Waals surface area contributed by atoms with Gasteiger partial charge in [-0.25, -0.2) is 0 Å². The molecule has 0 aliphatic rings. The van der Waals surface area contributed by atoms with Crippen LogP contribution in [0.2, 0.25) is 0 Å². The summed E-state index contributed by atoms with van der Waals surface area (Å²) in [5.74, 6) is 0.926. The molecule has 2 aromatic rings. The lowest BCUT2D eigenvalue weighted by Crippen LogP contribution is -1.91. The molecular weight excluding hydrogens is 276 g/mol. The molecule has 2 aromatic carbocycles. The highest BCUT2D eigenvalue weighted by Crippen LogP contribution is 2.33. The molecule has 0 atom stereocenters. The highest BCUT2D eigenvalue weighted by atomic mass is 79.9. The first-order chi connectivity index (χ1) is 8.11. The van der Waals surface area contributed by atoms with Crippen molar-refractivity contribution in [2.45, 2.75) is 13.8 Å². The molecule has 0 heterocycles. The maximum atomic E-state index is 5.45. The number of rotatable bonds is 2. The van der Waals surface area contributed by atoms with Crippen LogP contribution in [0.3, 0.4) is 0 Å². The van der Waals surface area contributed by atoms with Crippen LogP contribution in [0, 0.1) is 13.8 Å². The molecular formula is C15H15BrO. The monoisotopic (exact) mass is 290 g/mol. The third kappa shape index (κ3) is 2.52. The molecule has 0 spiro atoms. The van der Waals surface area contributed by atoms with E-state index in [4.69, 9.17) is 4.74 Å². The lowest BCUT2D eigenvalue weighted by Gasteiger charge is -2.12. The molecule has 88 valence electrons. The molecule has 0 unspecified atom stereocenters. The molecule has 2 heteroatoms. The number of halogens is 1. The number of hydrogen-bond acceptors (Lipinski definition) is 1. The normalized spacial score (nSPS) is 10.4. The molecule has 1 nitrogen and oxygen atoms in total. The van der Waals surface area contributed by atoms with Crippen molar-refractivity contribution in [3.8, 4) is 16.9 Å². The average molecular weight is 291 g/mol. The fraction of sp³-hybridized carbons (Fsp3) is 0.200. The van der Waals surface area contributed by atoms with Gasteiger partial charge in [0.05, 0.1) is 7.11 Å². The second kappa shape index (κ2) is 4.92. The van der Waals surface area contributed by atoms with Crippen molar-refractivity contribution in [2.75, 3.05) is 7.11 Å². The molecule has 0 aromatic heterocycles. The summed E-state index contributed by atoms with van der Waals surface area (Å²) in [4.78, 5) is 0. The molecule has 0 aliphatic heterocycles. The zero-order valence-electron chi connectivity index (χ0n) is 10.3. The van der Waals surface area contributed by atoms with E-state index in [0.717, 1.165) is 15.8 Å². The van der Waals surface area contributed by atoms with Crippen molar-refractivity contribution in [1.29, 1.82) is 0 Å². The predicted octanol–water partition coefficient (Wildman–Crippen LogP) is 4.74. The summed E-state index contributed by atoms with van der Waals surface area (Å²) in [6.07, 6.45) is 0. The third-order valence-corrected chi connectivity index (χ3v) is 3.50. The second-order valence-corrected chi connectivity index (χ2v) is 5.06. The van der Waals surface area contributed by atoms with E-state index < -0.39 is 0 Å². The number of benzene rings is 2. The molecule has 0 bridgehead atoms. The minimum Gasteiger partial charge on any atom is -0.496 e. The van der Waals surface area contributed by atoms with Gasteiger partial charge in [0.25, 0.3) is 0 Å². The van der Waals surface area contributed by atoms with Gasteiger partial charge in [-0.3, -0.25) is 0 Å². The first-order valence-electron chi connectivity index (χ1n) is 5.53. The van der Waals surface area contributed by atoms with Crippen molar-refractivity contribution in [2.24, 2.45) is 0 Å². The fourth-order valence-electron chi connectivity index (χ4n) is 1.81. The highest BCUT2D eigenvalue weighted by Gasteiger charge is 2.07. The molecule has 0 saturated carbocycles. The van der Waals surface area contributed by atoms with Gasteiger partial charge in [-0.15, -0.1) is 0 Å². The van der Waals surface area contributed by atoms with Crippen LogP contribution in [0.1, 0.15) is 11.1 Å². The van der Waals surface area contributed by atoms with Gasteiger partial charge in [0.2, 0.25) is 0 Å². The Morgan fingerprint density at radius 1 is 0.941 bits per heavy atom. The zero-order valence-corrected chi connectivity index (χ0v) is 11.8. The summed E-state index contributed by atoms with van der Waals surface area (Å²) in [5.41, 5.74) is 4.85. The summed E-state index contributed by atoms with van der Waals surface area (Å²) in [6.45, 7) is 4.22. The summed E-state index contributed by atoms with van der Waals surface area (Å²) in [6, 6.07) is 12.5. The van der Waals surface area contributed by atoms with Crippen molar-refractivity contribution < 1.29 is 4.74 Å². The lowest BCUT2D eigenvalue weighted by atomic mass is 9.99. The molecule has 0 fully saturated rings. The van der Waals surface area contributed by atoms with Gasteiger partial charge in [0, 0.05) is 10.0 Å². The Morgan fingerprint density at radius 2 is 1.53 bits per heavy atom. The molecule has 2 rings (SSSR count). The maximum Gasteiger partial charge on any atom is 0.126 e. The van der Waals surface area contributed by atoms with Crippen molar-refractivity contribution in [1.82, 2.24) is 0 Å². The van der Waals surface area contributed by atoms with E-state index in [1.165, 1.54) is 16.7 Å². The van der Waals surface area contributed by atoms with Crippen molar-refractivity contribution >= 4 is 15.9 Å².